The molecule has 0 unspecified atom stereocenters. The summed E-state index contributed by atoms with van der Waals surface area (Å²) in [5.41, 5.74) is 4.34. The Hall–Kier alpha value is -4.64. The fourth-order valence-electron chi connectivity index (χ4n) is 6.85. The van der Waals surface area contributed by atoms with Gasteiger partial charge < -0.3 is 19.3 Å². The number of rotatable bonds is 4. The number of ether oxygens (including phenoxy) is 2. The van der Waals surface area contributed by atoms with E-state index in [4.69, 9.17) is 32.7 Å². The van der Waals surface area contributed by atoms with Crippen molar-refractivity contribution < 1.29 is 19.1 Å². The second kappa shape index (κ2) is 15.1. The molecule has 248 valence electrons. The summed E-state index contributed by atoms with van der Waals surface area (Å²) < 4.78 is 9.75. The first-order valence-electron chi connectivity index (χ1n) is 15.8. The molecule has 0 bridgehead atoms. The van der Waals surface area contributed by atoms with Gasteiger partial charge >= 0.3 is 11.9 Å². The Morgan fingerprint density at radius 2 is 1.15 bits per heavy atom. The maximum absolute atomic E-state index is 11.8. The molecule has 0 radical (unpaired) electrons. The molecule has 6 rings (SSSR count). The quantitative estimate of drug-likeness (QED) is 0.205. The smallest absolute Gasteiger partial charge is 0.308 e. The molecule has 4 aromatic rings. The van der Waals surface area contributed by atoms with Gasteiger partial charge in [0.25, 0.3) is 0 Å². The predicted molar refractivity (Wildman–Crippen MR) is 186 cm³/mol. The van der Waals surface area contributed by atoms with Crippen molar-refractivity contribution in [2.45, 2.75) is 51.6 Å². The number of carbonyl (C=O) groups is 2. The molecule has 0 saturated carbocycles. The molecule has 2 saturated heterocycles. The first-order chi connectivity index (χ1) is 23.1. The van der Waals surface area contributed by atoms with Crippen LogP contribution in [0.2, 0.25) is 10.0 Å². The van der Waals surface area contributed by atoms with Crippen LogP contribution in [0.15, 0.2) is 48.8 Å². The van der Waals surface area contributed by atoms with Gasteiger partial charge in [0.05, 0.1) is 59.6 Å². The summed E-state index contributed by atoms with van der Waals surface area (Å²) in [6.07, 6.45) is 6.00. The third-order valence-electron chi connectivity index (χ3n) is 9.24. The lowest BCUT2D eigenvalue weighted by molar-refractivity contribution is -0.147. The Labute approximate surface area is 289 Å². The maximum Gasteiger partial charge on any atom is 0.308 e. The number of hydrogen-bond donors (Lipinski definition) is 0. The van der Waals surface area contributed by atoms with E-state index in [0.29, 0.717) is 59.9 Å². The highest BCUT2D eigenvalue weighted by Gasteiger charge is 2.34. The van der Waals surface area contributed by atoms with Gasteiger partial charge in [-0.1, -0.05) is 23.2 Å². The van der Waals surface area contributed by atoms with E-state index in [1.165, 1.54) is 14.2 Å². The molecule has 2 aliphatic heterocycles. The van der Waals surface area contributed by atoms with Gasteiger partial charge in [0, 0.05) is 58.4 Å². The Bertz CT molecular complexity index is 1800. The predicted octanol–water partition coefficient (Wildman–Crippen LogP) is 7.08. The first-order valence-corrected chi connectivity index (χ1v) is 16.5. The zero-order valence-corrected chi connectivity index (χ0v) is 28.8. The number of anilines is 2. The van der Waals surface area contributed by atoms with Gasteiger partial charge in [-0.25, -0.2) is 0 Å². The van der Waals surface area contributed by atoms with E-state index in [1.807, 2.05) is 24.3 Å². The van der Waals surface area contributed by atoms with Crippen LogP contribution in [0.3, 0.4) is 0 Å². The second-order valence-electron chi connectivity index (χ2n) is 12.2. The summed E-state index contributed by atoms with van der Waals surface area (Å²) in [7, 11) is 2.84. The molecule has 0 N–H and O–H groups in total. The molecule has 10 nitrogen and oxygen atoms in total. The van der Waals surface area contributed by atoms with Crippen molar-refractivity contribution in [3.8, 4) is 12.1 Å². The Morgan fingerprint density at radius 1 is 0.750 bits per heavy atom. The number of aromatic nitrogens is 2. The first kappa shape index (κ1) is 34.7. The molecule has 2 fully saturated rings. The lowest BCUT2D eigenvalue weighted by Crippen LogP contribution is -2.43. The van der Waals surface area contributed by atoms with E-state index in [0.717, 1.165) is 33.2 Å². The zero-order chi connectivity index (χ0) is 34.5. The monoisotopic (exact) mass is 686 g/mol. The summed E-state index contributed by atoms with van der Waals surface area (Å²) in [6, 6.07) is 15.7. The largest absolute Gasteiger partial charge is 0.469 e. The topological polar surface area (TPSA) is 132 Å². The zero-order valence-electron chi connectivity index (χ0n) is 27.2. The van der Waals surface area contributed by atoms with Crippen LogP contribution in [0.25, 0.3) is 21.8 Å². The van der Waals surface area contributed by atoms with Crippen molar-refractivity contribution in [3.63, 3.8) is 0 Å². The third kappa shape index (κ3) is 7.11. The molecule has 2 aromatic carbocycles. The summed E-state index contributed by atoms with van der Waals surface area (Å²) >= 11 is 12.3. The van der Waals surface area contributed by atoms with E-state index < -0.39 is 0 Å². The van der Waals surface area contributed by atoms with Gasteiger partial charge in [0.1, 0.15) is 12.1 Å². The highest BCUT2D eigenvalue weighted by molar-refractivity contribution is 6.32. The Kier molecular flexibility index (Phi) is 10.9. The number of piperidine rings is 2. The SMILES string of the molecule is COC(=O)[C@@H]1CCN(c2c(C#N)cnc3ccc(Cl)cc23)[C@H](C)C1.COC(=O)[C@H]1CCN(c2c(C#N)cnc3ccc(Cl)cc23)[C@H](C)C1. The van der Waals surface area contributed by atoms with Crippen LogP contribution in [-0.4, -0.2) is 61.3 Å². The number of hydrogen-bond acceptors (Lipinski definition) is 10. The number of halogens is 2. The van der Waals surface area contributed by atoms with Gasteiger partial charge in [-0.3, -0.25) is 19.6 Å². The normalized spacial score (nSPS) is 20.7. The van der Waals surface area contributed by atoms with Crippen LogP contribution in [0.4, 0.5) is 11.4 Å². The molecule has 48 heavy (non-hydrogen) atoms. The summed E-state index contributed by atoms with van der Waals surface area (Å²) in [4.78, 5) is 36.7. The Balaban J connectivity index is 0.000000188. The minimum Gasteiger partial charge on any atom is -0.469 e. The fraction of sp³-hybridized carbons (Fsp3) is 0.389. The van der Waals surface area contributed by atoms with Gasteiger partial charge in [-0.05, 0) is 75.9 Å². The Morgan fingerprint density at radius 3 is 1.48 bits per heavy atom. The van der Waals surface area contributed by atoms with E-state index in [-0.39, 0.29) is 35.9 Å². The number of esters is 2. The van der Waals surface area contributed by atoms with Crippen LogP contribution in [0.5, 0.6) is 0 Å². The number of methoxy groups -OCH3 is 2. The van der Waals surface area contributed by atoms with Crippen LogP contribution >= 0.6 is 23.2 Å². The summed E-state index contributed by atoms with van der Waals surface area (Å²) in [6.45, 7) is 5.49. The summed E-state index contributed by atoms with van der Waals surface area (Å²) in [5, 5.41) is 22.0. The lowest BCUT2D eigenvalue weighted by atomic mass is 9.90. The average Bonchev–Trinajstić information content (AvgIpc) is 3.10. The molecule has 4 atom stereocenters. The standard InChI is InChI=1S/2C18H18ClN3O2/c2*1-11-7-12(18(23)24-2)5-6-22(11)17-13(9-20)10-21-16-4-3-14(19)8-15(16)17/h2*3-4,8,10-12H,5-7H2,1-2H3/t11-,12+;11-,12-/m11/s1. The second-order valence-corrected chi connectivity index (χ2v) is 13.0. The van der Waals surface area contributed by atoms with Crippen LogP contribution in [0.1, 0.15) is 50.7 Å². The maximum atomic E-state index is 11.8. The van der Waals surface area contributed by atoms with Crippen LogP contribution in [-0.2, 0) is 19.1 Å². The number of nitrogens with zero attached hydrogens (tertiary/aromatic N) is 6. The molecular formula is C36H36Cl2N6O4. The highest BCUT2D eigenvalue weighted by atomic mass is 35.5. The van der Waals surface area contributed by atoms with Gasteiger partial charge in [0.15, 0.2) is 0 Å². The van der Waals surface area contributed by atoms with Gasteiger partial charge in [-0.15, -0.1) is 0 Å². The van der Waals surface area contributed by atoms with Crippen molar-refractivity contribution in [2.24, 2.45) is 11.8 Å². The van der Waals surface area contributed by atoms with Gasteiger partial charge in [0.2, 0.25) is 0 Å². The van der Waals surface area contributed by atoms with E-state index in [2.05, 4.69) is 45.8 Å². The number of nitriles is 2. The van der Waals surface area contributed by atoms with E-state index >= 15 is 0 Å². The summed E-state index contributed by atoms with van der Waals surface area (Å²) in [5.74, 6) is -0.513. The van der Waals surface area contributed by atoms with Crippen molar-refractivity contribution in [1.29, 1.82) is 10.5 Å². The molecule has 0 aliphatic carbocycles. The molecule has 2 aromatic heterocycles. The number of benzene rings is 2. The number of carbonyl (C=O) groups excluding carboxylic acids is 2. The number of fused-ring (bicyclic) bond motifs is 2. The van der Waals surface area contributed by atoms with E-state index in [9.17, 15) is 20.1 Å². The minimum absolute atomic E-state index is 0.0940. The molecule has 2 aliphatic rings. The molecule has 0 spiro atoms. The van der Waals surface area contributed by atoms with E-state index in [1.54, 1.807) is 24.5 Å². The third-order valence-corrected chi connectivity index (χ3v) is 9.71. The highest BCUT2D eigenvalue weighted by Crippen LogP contribution is 2.38. The fourth-order valence-corrected chi connectivity index (χ4v) is 7.20. The lowest BCUT2D eigenvalue weighted by Gasteiger charge is -2.39. The van der Waals surface area contributed by atoms with Gasteiger partial charge in [-0.2, -0.15) is 10.5 Å². The number of pyridine rings is 2. The molecule has 0 amide bonds. The minimum atomic E-state index is -0.162. The van der Waals surface area contributed by atoms with Crippen molar-refractivity contribution in [2.75, 3.05) is 37.1 Å². The molecule has 4 heterocycles. The van der Waals surface area contributed by atoms with Crippen molar-refractivity contribution >= 4 is 68.3 Å². The van der Waals surface area contributed by atoms with Crippen molar-refractivity contribution in [3.05, 3.63) is 70.0 Å². The van der Waals surface area contributed by atoms with Crippen LogP contribution < -0.4 is 9.80 Å². The van der Waals surface area contributed by atoms with Crippen molar-refractivity contribution in [1.82, 2.24) is 9.97 Å². The molecular weight excluding hydrogens is 651 g/mol. The molecule has 12 heteroatoms. The van der Waals surface area contributed by atoms with Crippen LogP contribution in [0, 0.1) is 34.5 Å². The average molecular weight is 688 g/mol.